The van der Waals surface area contributed by atoms with Crippen molar-refractivity contribution in [1.29, 1.82) is 0 Å². The second kappa shape index (κ2) is 8.98. The van der Waals surface area contributed by atoms with E-state index in [1.165, 1.54) is 0 Å². The molecular formula is C26H31N3O4. The smallest absolute Gasteiger partial charge is 0.253 e. The third kappa shape index (κ3) is 4.13. The van der Waals surface area contributed by atoms with Crippen LogP contribution in [-0.4, -0.2) is 36.1 Å². The predicted molar refractivity (Wildman–Crippen MR) is 126 cm³/mol. The van der Waals surface area contributed by atoms with Crippen molar-refractivity contribution < 1.29 is 19.5 Å². The number of nitrogens with one attached hydrogen (secondary N) is 2. The summed E-state index contributed by atoms with van der Waals surface area (Å²) in [6.45, 7) is 3.90. The molecule has 3 N–H and O–H groups in total. The molecule has 0 radical (unpaired) electrons. The Labute approximate surface area is 194 Å². The van der Waals surface area contributed by atoms with Crippen LogP contribution in [0.1, 0.15) is 51.1 Å². The van der Waals surface area contributed by atoms with Gasteiger partial charge < -0.3 is 20.6 Å². The van der Waals surface area contributed by atoms with Crippen LogP contribution in [-0.2, 0) is 14.4 Å². The Kier molecular flexibility index (Phi) is 6.26. The molecule has 0 saturated heterocycles. The van der Waals surface area contributed by atoms with Gasteiger partial charge in [-0.3, -0.25) is 14.4 Å². The lowest BCUT2D eigenvalue weighted by Gasteiger charge is -2.40. The van der Waals surface area contributed by atoms with Crippen molar-refractivity contribution >= 4 is 23.4 Å². The zero-order chi connectivity index (χ0) is 23.8. The van der Waals surface area contributed by atoms with Gasteiger partial charge in [-0.25, -0.2) is 0 Å². The zero-order valence-electron chi connectivity index (χ0n) is 19.3. The molecule has 1 aliphatic carbocycles. The summed E-state index contributed by atoms with van der Waals surface area (Å²) < 4.78 is 0. The van der Waals surface area contributed by atoms with E-state index in [4.69, 9.17) is 0 Å². The molecule has 2 aromatic carbocycles. The molecule has 3 amide bonds. The fourth-order valence-electron chi connectivity index (χ4n) is 4.72. The first-order valence-corrected chi connectivity index (χ1v) is 11.5. The molecule has 0 unspecified atom stereocenters. The van der Waals surface area contributed by atoms with Crippen LogP contribution < -0.4 is 15.5 Å². The molecule has 4 rings (SSSR count). The van der Waals surface area contributed by atoms with Gasteiger partial charge in [0.25, 0.3) is 5.91 Å². The molecule has 0 aromatic heterocycles. The van der Waals surface area contributed by atoms with E-state index in [1.54, 1.807) is 11.9 Å². The van der Waals surface area contributed by atoms with Gasteiger partial charge in [-0.2, -0.15) is 0 Å². The van der Waals surface area contributed by atoms with Crippen LogP contribution in [0, 0.1) is 11.3 Å². The third-order valence-corrected chi connectivity index (χ3v) is 6.75. The van der Waals surface area contributed by atoms with E-state index in [1.807, 2.05) is 62.4 Å². The van der Waals surface area contributed by atoms with E-state index < -0.39 is 29.5 Å². The Morgan fingerprint density at radius 3 is 2.33 bits per heavy atom. The average Bonchev–Trinajstić information content (AvgIpc) is 2.82. The first-order chi connectivity index (χ1) is 15.7. The molecule has 7 nitrogen and oxygen atoms in total. The highest BCUT2D eigenvalue weighted by atomic mass is 16.3. The summed E-state index contributed by atoms with van der Waals surface area (Å²) in [5.74, 6) is -1.03. The highest BCUT2D eigenvalue weighted by molar-refractivity contribution is 6.10. The SMILES string of the molecule is CC(C)C[C@H](O)NC(=O)C1(C(=O)N[C@@H]2C(=O)N(C)c3ccccc3-c3ccccc32)CCC1. The molecule has 33 heavy (non-hydrogen) atoms. The first kappa shape index (κ1) is 23.0. The van der Waals surface area contributed by atoms with E-state index in [2.05, 4.69) is 10.6 Å². The number of carbonyl (C=O) groups excluding carboxylic acids is 3. The summed E-state index contributed by atoms with van der Waals surface area (Å²) in [5, 5.41) is 15.7. The normalized spacial score (nSPS) is 19.6. The minimum absolute atomic E-state index is 0.198. The van der Waals surface area contributed by atoms with Crippen molar-refractivity contribution in [2.24, 2.45) is 11.3 Å². The second-order valence-corrected chi connectivity index (χ2v) is 9.46. The number of fused-ring (bicyclic) bond motifs is 3. The van der Waals surface area contributed by atoms with E-state index in [0.29, 0.717) is 24.8 Å². The second-order valence-electron chi connectivity index (χ2n) is 9.46. The van der Waals surface area contributed by atoms with Crippen LogP contribution in [0.3, 0.4) is 0 Å². The van der Waals surface area contributed by atoms with Crippen LogP contribution in [0.4, 0.5) is 5.69 Å². The molecule has 1 saturated carbocycles. The number of aliphatic hydroxyl groups excluding tert-OH is 1. The summed E-state index contributed by atoms with van der Waals surface area (Å²) in [5.41, 5.74) is 1.97. The van der Waals surface area contributed by atoms with Gasteiger partial charge in [0.15, 0.2) is 0 Å². The van der Waals surface area contributed by atoms with Crippen LogP contribution >= 0.6 is 0 Å². The predicted octanol–water partition coefficient (Wildman–Crippen LogP) is 3.14. The Balaban J connectivity index is 1.63. The van der Waals surface area contributed by atoms with Crippen molar-refractivity contribution in [1.82, 2.24) is 10.6 Å². The molecule has 2 atom stereocenters. The lowest BCUT2D eigenvalue weighted by atomic mass is 9.67. The van der Waals surface area contributed by atoms with Gasteiger partial charge in [0.2, 0.25) is 11.8 Å². The van der Waals surface area contributed by atoms with Crippen LogP contribution in [0.25, 0.3) is 11.1 Å². The number of likely N-dealkylation sites (N-methyl/N-ethyl adjacent to an activating group) is 1. The summed E-state index contributed by atoms with van der Waals surface area (Å²) in [7, 11) is 1.69. The summed E-state index contributed by atoms with van der Waals surface area (Å²) in [6.07, 6.45) is 0.904. The number of aliphatic hydroxyl groups is 1. The number of amides is 3. The highest BCUT2D eigenvalue weighted by Crippen LogP contribution is 2.44. The molecule has 174 valence electrons. The van der Waals surface area contributed by atoms with Gasteiger partial charge in [0.1, 0.15) is 17.7 Å². The molecule has 2 aliphatic rings. The standard InChI is InChI=1S/C26H31N3O4/c1-16(2)15-21(30)27-24(32)26(13-8-14-26)25(33)28-22-19-11-5-4-9-17(19)18-10-6-7-12-20(18)29(3)23(22)31/h4-7,9-12,16,21-22,30H,8,13-15H2,1-3H3,(H,27,32)(H,28,33)/t21-,22-/m0/s1. The Bertz CT molecular complexity index is 1080. The molecule has 0 spiro atoms. The van der Waals surface area contributed by atoms with Gasteiger partial charge in [-0.1, -0.05) is 62.7 Å². The highest BCUT2D eigenvalue weighted by Gasteiger charge is 2.52. The summed E-state index contributed by atoms with van der Waals surface area (Å²) in [4.78, 5) is 41.6. The summed E-state index contributed by atoms with van der Waals surface area (Å²) in [6, 6.07) is 14.2. The molecule has 1 aliphatic heterocycles. The fourth-order valence-corrected chi connectivity index (χ4v) is 4.72. The van der Waals surface area contributed by atoms with Crippen LogP contribution in [0.15, 0.2) is 48.5 Å². The number of nitrogens with zero attached hydrogens (tertiary/aromatic N) is 1. The van der Waals surface area contributed by atoms with E-state index in [9.17, 15) is 19.5 Å². The van der Waals surface area contributed by atoms with Crippen LogP contribution in [0.5, 0.6) is 0 Å². The molecule has 0 bridgehead atoms. The molecule has 2 aromatic rings. The number of carbonyl (C=O) groups is 3. The Morgan fingerprint density at radius 1 is 1.06 bits per heavy atom. The van der Waals surface area contributed by atoms with Gasteiger partial charge in [0.05, 0.1) is 5.69 Å². The van der Waals surface area contributed by atoms with Gasteiger partial charge in [-0.05, 0) is 42.4 Å². The van der Waals surface area contributed by atoms with Crippen molar-refractivity contribution in [3.63, 3.8) is 0 Å². The third-order valence-electron chi connectivity index (χ3n) is 6.75. The molecular weight excluding hydrogens is 418 g/mol. The number of benzene rings is 2. The fraction of sp³-hybridized carbons (Fsp3) is 0.423. The van der Waals surface area contributed by atoms with Crippen molar-refractivity contribution in [2.45, 2.75) is 51.8 Å². The topological polar surface area (TPSA) is 98.7 Å². The van der Waals surface area contributed by atoms with E-state index >= 15 is 0 Å². The molecule has 1 fully saturated rings. The van der Waals surface area contributed by atoms with Crippen LogP contribution in [0.2, 0.25) is 0 Å². The Hall–Kier alpha value is -3.19. The number of para-hydroxylation sites is 1. The number of hydrogen-bond acceptors (Lipinski definition) is 4. The maximum absolute atomic E-state index is 13.5. The number of anilines is 1. The van der Waals surface area contributed by atoms with Gasteiger partial charge >= 0.3 is 0 Å². The van der Waals surface area contributed by atoms with Crippen molar-refractivity contribution in [2.75, 3.05) is 11.9 Å². The Morgan fingerprint density at radius 2 is 1.70 bits per heavy atom. The monoisotopic (exact) mass is 449 g/mol. The van der Waals surface area contributed by atoms with E-state index in [0.717, 1.165) is 23.2 Å². The quantitative estimate of drug-likeness (QED) is 0.466. The lowest BCUT2D eigenvalue weighted by molar-refractivity contribution is -0.152. The number of hydrogen-bond donors (Lipinski definition) is 3. The maximum atomic E-state index is 13.5. The van der Waals surface area contributed by atoms with Gasteiger partial charge in [0, 0.05) is 12.6 Å². The minimum Gasteiger partial charge on any atom is -0.374 e. The lowest BCUT2D eigenvalue weighted by Crippen LogP contribution is -2.58. The first-order valence-electron chi connectivity index (χ1n) is 11.5. The average molecular weight is 450 g/mol. The zero-order valence-corrected chi connectivity index (χ0v) is 19.3. The largest absolute Gasteiger partial charge is 0.374 e. The van der Waals surface area contributed by atoms with Gasteiger partial charge in [-0.15, -0.1) is 0 Å². The number of rotatable bonds is 6. The minimum atomic E-state index is -1.27. The van der Waals surface area contributed by atoms with E-state index in [-0.39, 0.29) is 11.8 Å². The summed E-state index contributed by atoms with van der Waals surface area (Å²) >= 11 is 0. The molecule has 1 heterocycles. The maximum Gasteiger partial charge on any atom is 0.253 e. The van der Waals surface area contributed by atoms with Crippen molar-refractivity contribution in [3.8, 4) is 11.1 Å². The van der Waals surface area contributed by atoms with Crippen molar-refractivity contribution in [3.05, 3.63) is 54.1 Å². The molecule has 7 heteroatoms.